The predicted octanol–water partition coefficient (Wildman–Crippen LogP) is 2.66. The Morgan fingerprint density at radius 3 is 2.91 bits per heavy atom. The number of nitrogens with zero attached hydrogens (tertiary/aromatic N) is 3. The maximum atomic E-state index is 12.5. The molecule has 0 spiro atoms. The Hall–Kier alpha value is -2.63. The van der Waals surface area contributed by atoms with Gasteiger partial charge in [0.05, 0.1) is 18.4 Å². The number of rotatable bonds is 2. The van der Waals surface area contributed by atoms with Gasteiger partial charge >= 0.3 is 0 Å². The fourth-order valence-electron chi connectivity index (χ4n) is 2.79. The van der Waals surface area contributed by atoms with E-state index in [1.807, 2.05) is 13.0 Å². The van der Waals surface area contributed by atoms with Crippen molar-refractivity contribution in [2.75, 3.05) is 17.3 Å². The molecule has 0 aromatic carbocycles. The smallest absolute Gasteiger partial charge is 0.259 e. The molecule has 0 saturated heterocycles. The highest BCUT2D eigenvalue weighted by Gasteiger charge is 2.38. The van der Waals surface area contributed by atoms with Crippen molar-refractivity contribution in [3.05, 3.63) is 35.5 Å². The van der Waals surface area contributed by atoms with Gasteiger partial charge in [-0.3, -0.25) is 4.79 Å². The number of nitrogens with one attached hydrogen (secondary N) is 1. The van der Waals surface area contributed by atoms with Crippen molar-refractivity contribution in [2.45, 2.75) is 25.8 Å². The third kappa shape index (κ3) is 1.91. The normalized spacial score (nSPS) is 16.5. The standard InChI is InChI=1S/C16H16N4O2/c1-9-8-12(22-2)18-15-13(9)19-16(21)11-4-3-7-17-14(11)20(15)10-5-6-10/h3-4,7-8,10H,5-6H2,1-2H3,(H,19,21). The maximum absolute atomic E-state index is 12.5. The summed E-state index contributed by atoms with van der Waals surface area (Å²) in [5.74, 6) is 1.77. The van der Waals surface area contributed by atoms with Gasteiger partial charge in [0.2, 0.25) is 5.88 Å². The van der Waals surface area contributed by atoms with Gasteiger partial charge in [-0.15, -0.1) is 0 Å². The molecule has 0 unspecified atom stereocenters. The first-order valence-corrected chi connectivity index (χ1v) is 7.30. The number of carbonyl (C=O) groups excluding carboxylic acids is 1. The van der Waals surface area contributed by atoms with E-state index in [1.54, 1.807) is 25.4 Å². The molecule has 6 nitrogen and oxygen atoms in total. The van der Waals surface area contributed by atoms with Crippen LogP contribution in [0.4, 0.5) is 17.3 Å². The fraction of sp³-hybridized carbons (Fsp3) is 0.312. The zero-order valence-corrected chi connectivity index (χ0v) is 12.5. The zero-order valence-electron chi connectivity index (χ0n) is 12.5. The van der Waals surface area contributed by atoms with E-state index in [9.17, 15) is 4.79 Å². The summed E-state index contributed by atoms with van der Waals surface area (Å²) >= 11 is 0. The lowest BCUT2D eigenvalue weighted by Gasteiger charge is -2.24. The summed E-state index contributed by atoms with van der Waals surface area (Å²) in [6, 6.07) is 5.73. The van der Waals surface area contributed by atoms with Gasteiger partial charge in [-0.2, -0.15) is 4.98 Å². The third-order valence-electron chi connectivity index (χ3n) is 4.02. The van der Waals surface area contributed by atoms with Crippen LogP contribution in [0.1, 0.15) is 28.8 Å². The molecule has 1 aliphatic heterocycles. The van der Waals surface area contributed by atoms with Crippen molar-refractivity contribution < 1.29 is 9.53 Å². The van der Waals surface area contributed by atoms with E-state index < -0.39 is 0 Å². The molecule has 0 radical (unpaired) electrons. The van der Waals surface area contributed by atoms with E-state index in [2.05, 4.69) is 20.2 Å². The van der Waals surface area contributed by atoms with Crippen LogP contribution in [0.15, 0.2) is 24.4 Å². The van der Waals surface area contributed by atoms with Crippen molar-refractivity contribution in [3.8, 4) is 5.88 Å². The molecule has 1 fully saturated rings. The number of hydrogen-bond acceptors (Lipinski definition) is 5. The Morgan fingerprint density at radius 1 is 1.36 bits per heavy atom. The number of methoxy groups -OCH3 is 1. The van der Waals surface area contributed by atoms with Crippen molar-refractivity contribution in [1.82, 2.24) is 9.97 Å². The van der Waals surface area contributed by atoms with Gasteiger partial charge in [0.1, 0.15) is 5.82 Å². The number of pyridine rings is 2. The lowest BCUT2D eigenvalue weighted by atomic mass is 10.2. The zero-order chi connectivity index (χ0) is 15.3. The van der Waals surface area contributed by atoms with Crippen LogP contribution in [0.5, 0.6) is 5.88 Å². The first-order valence-electron chi connectivity index (χ1n) is 7.30. The number of hydrogen-bond donors (Lipinski definition) is 1. The summed E-state index contributed by atoms with van der Waals surface area (Å²) in [5.41, 5.74) is 2.23. The lowest BCUT2D eigenvalue weighted by Crippen LogP contribution is -2.22. The van der Waals surface area contributed by atoms with Gasteiger partial charge in [0.25, 0.3) is 5.91 Å². The minimum absolute atomic E-state index is 0.150. The molecular weight excluding hydrogens is 280 g/mol. The number of ether oxygens (including phenoxy) is 1. The average Bonchev–Trinajstić information content (AvgIpc) is 3.35. The number of aromatic nitrogens is 2. The van der Waals surface area contributed by atoms with Gasteiger partial charge in [-0.25, -0.2) is 4.98 Å². The monoisotopic (exact) mass is 296 g/mol. The summed E-state index contributed by atoms with van der Waals surface area (Å²) in [5, 5.41) is 2.97. The number of carbonyl (C=O) groups is 1. The number of anilines is 3. The van der Waals surface area contributed by atoms with Crippen LogP contribution in [0.25, 0.3) is 0 Å². The second-order valence-electron chi connectivity index (χ2n) is 5.61. The third-order valence-corrected chi connectivity index (χ3v) is 4.02. The van der Waals surface area contributed by atoms with E-state index in [-0.39, 0.29) is 5.91 Å². The first kappa shape index (κ1) is 13.1. The Labute approximate surface area is 128 Å². The lowest BCUT2D eigenvalue weighted by molar-refractivity contribution is 0.102. The molecule has 2 aromatic rings. The average molecular weight is 296 g/mol. The van der Waals surface area contributed by atoms with Crippen LogP contribution in [0.3, 0.4) is 0 Å². The van der Waals surface area contributed by atoms with Crippen LogP contribution in [-0.2, 0) is 0 Å². The van der Waals surface area contributed by atoms with E-state index in [1.165, 1.54) is 0 Å². The molecule has 1 amide bonds. The number of fused-ring (bicyclic) bond motifs is 2. The molecule has 112 valence electrons. The first-order chi connectivity index (χ1) is 10.7. The van der Waals surface area contributed by atoms with Gasteiger partial charge in [-0.1, -0.05) is 0 Å². The van der Waals surface area contributed by atoms with Crippen LogP contribution in [0.2, 0.25) is 0 Å². The van der Waals surface area contributed by atoms with E-state index in [0.29, 0.717) is 29.1 Å². The van der Waals surface area contributed by atoms with Gasteiger partial charge < -0.3 is 15.0 Å². The minimum Gasteiger partial charge on any atom is -0.481 e. The number of aryl methyl sites for hydroxylation is 1. The molecule has 0 atom stereocenters. The topological polar surface area (TPSA) is 67.3 Å². The Kier molecular flexibility index (Phi) is 2.79. The SMILES string of the molecule is COc1cc(C)c2c(n1)N(C1CC1)c1ncccc1C(=O)N2. The molecule has 22 heavy (non-hydrogen) atoms. The highest BCUT2D eigenvalue weighted by Crippen LogP contribution is 2.44. The molecule has 4 rings (SSSR count). The van der Waals surface area contributed by atoms with Gasteiger partial charge in [-0.05, 0) is 37.5 Å². The van der Waals surface area contributed by atoms with Crippen molar-refractivity contribution in [2.24, 2.45) is 0 Å². The molecule has 1 saturated carbocycles. The minimum atomic E-state index is -0.150. The van der Waals surface area contributed by atoms with Crippen molar-refractivity contribution in [3.63, 3.8) is 0 Å². The molecule has 1 N–H and O–H groups in total. The Balaban J connectivity index is 1.99. The highest BCUT2D eigenvalue weighted by atomic mass is 16.5. The largest absolute Gasteiger partial charge is 0.481 e. The summed E-state index contributed by atoms with van der Waals surface area (Å²) in [4.78, 5) is 23.6. The summed E-state index contributed by atoms with van der Waals surface area (Å²) in [6.45, 7) is 1.94. The summed E-state index contributed by atoms with van der Waals surface area (Å²) < 4.78 is 5.29. The molecule has 6 heteroatoms. The van der Waals surface area contributed by atoms with Crippen LogP contribution in [-0.4, -0.2) is 29.0 Å². The molecule has 1 aliphatic carbocycles. The number of amides is 1. The second-order valence-corrected chi connectivity index (χ2v) is 5.61. The maximum Gasteiger partial charge on any atom is 0.259 e. The molecule has 3 heterocycles. The van der Waals surface area contributed by atoms with Crippen molar-refractivity contribution >= 4 is 23.2 Å². The van der Waals surface area contributed by atoms with Crippen LogP contribution in [0, 0.1) is 6.92 Å². The predicted molar refractivity (Wildman–Crippen MR) is 82.9 cm³/mol. The quantitative estimate of drug-likeness (QED) is 0.922. The highest BCUT2D eigenvalue weighted by molar-refractivity contribution is 6.12. The van der Waals surface area contributed by atoms with Crippen LogP contribution >= 0.6 is 0 Å². The van der Waals surface area contributed by atoms with Crippen molar-refractivity contribution in [1.29, 1.82) is 0 Å². The van der Waals surface area contributed by atoms with Gasteiger partial charge in [0.15, 0.2) is 5.82 Å². The molecule has 0 bridgehead atoms. The second kappa shape index (κ2) is 4.69. The van der Waals surface area contributed by atoms with Crippen LogP contribution < -0.4 is 15.0 Å². The van der Waals surface area contributed by atoms with E-state index >= 15 is 0 Å². The molecular formula is C16H16N4O2. The molecule has 2 aliphatic rings. The van der Waals surface area contributed by atoms with Gasteiger partial charge in [0, 0.05) is 18.3 Å². The Morgan fingerprint density at radius 2 is 2.18 bits per heavy atom. The Bertz CT molecular complexity index is 771. The van der Waals surface area contributed by atoms with E-state index in [0.717, 1.165) is 24.1 Å². The summed E-state index contributed by atoms with van der Waals surface area (Å²) in [6.07, 6.45) is 3.85. The summed E-state index contributed by atoms with van der Waals surface area (Å²) in [7, 11) is 1.59. The molecule has 2 aromatic heterocycles. The fourth-order valence-corrected chi connectivity index (χ4v) is 2.79. The van der Waals surface area contributed by atoms with E-state index in [4.69, 9.17) is 4.74 Å².